The number of rotatable bonds is 3. The number of methoxy groups -OCH3 is 3. The molecule has 1 aliphatic rings. The Balaban J connectivity index is 2.15. The molecule has 2 aromatic rings. The van der Waals surface area contributed by atoms with E-state index in [-0.39, 0.29) is 5.97 Å². The Bertz CT molecular complexity index is 796. The van der Waals surface area contributed by atoms with Crippen LogP contribution in [0.3, 0.4) is 0 Å². The van der Waals surface area contributed by atoms with Crippen molar-refractivity contribution in [2.45, 2.75) is 18.8 Å². The van der Waals surface area contributed by atoms with Crippen molar-refractivity contribution in [1.82, 2.24) is 0 Å². The second-order valence-corrected chi connectivity index (χ2v) is 5.89. The topological polar surface area (TPSA) is 61.8 Å². The fourth-order valence-corrected chi connectivity index (χ4v) is 3.59. The van der Waals surface area contributed by atoms with Crippen molar-refractivity contribution in [1.29, 1.82) is 0 Å². The lowest BCUT2D eigenvalue weighted by atomic mass is 9.73. The first-order valence-electron chi connectivity index (χ1n) is 7.86. The Morgan fingerprint density at radius 2 is 1.75 bits per heavy atom. The van der Waals surface area contributed by atoms with Crippen molar-refractivity contribution in [2.24, 2.45) is 5.92 Å². The van der Waals surface area contributed by atoms with Gasteiger partial charge in [-0.2, -0.15) is 0 Å². The second-order valence-electron chi connectivity index (χ2n) is 5.89. The van der Waals surface area contributed by atoms with E-state index in [1.807, 2.05) is 30.3 Å². The number of benzene rings is 2. The Kier molecular flexibility index (Phi) is 4.42. The maximum atomic E-state index is 12.3. The summed E-state index contributed by atoms with van der Waals surface area (Å²) in [6.07, 6.45) is 1.27. The first-order valence-corrected chi connectivity index (χ1v) is 7.86. The predicted octanol–water partition coefficient (Wildman–Crippen LogP) is 2.84. The van der Waals surface area contributed by atoms with Gasteiger partial charge in [-0.25, -0.2) is 0 Å². The summed E-state index contributed by atoms with van der Waals surface area (Å²) in [6.45, 7) is 0. The molecule has 0 N–H and O–H groups in total. The van der Waals surface area contributed by atoms with Crippen LogP contribution in [-0.2, 0) is 25.5 Å². The zero-order valence-corrected chi connectivity index (χ0v) is 14.0. The molecule has 0 aliphatic heterocycles. The molecule has 2 atom stereocenters. The van der Waals surface area contributed by atoms with E-state index in [1.165, 1.54) is 14.2 Å². The largest absolute Gasteiger partial charge is 0.497 e. The normalized spacial score (nSPS) is 19.5. The molecule has 3 rings (SSSR count). The van der Waals surface area contributed by atoms with Crippen LogP contribution in [0.2, 0.25) is 0 Å². The molecule has 0 bridgehead atoms. The van der Waals surface area contributed by atoms with E-state index >= 15 is 0 Å². The summed E-state index contributed by atoms with van der Waals surface area (Å²) in [5.41, 5.74) is 1.94. The van der Waals surface area contributed by atoms with Crippen molar-refractivity contribution in [3.63, 3.8) is 0 Å². The van der Waals surface area contributed by atoms with Gasteiger partial charge >= 0.3 is 11.9 Å². The minimum absolute atomic E-state index is 0.370. The molecule has 0 aromatic heterocycles. The molecule has 2 aromatic carbocycles. The predicted molar refractivity (Wildman–Crippen MR) is 89.1 cm³/mol. The van der Waals surface area contributed by atoms with Gasteiger partial charge in [-0.3, -0.25) is 9.59 Å². The van der Waals surface area contributed by atoms with E-state index in [2.05, 4.69) is 0 Å². The summed E-state index contributed by atoms with van der Waals surface area (Å²) < 4.78 is 15.1. The number of fused-ring (bicyclic) bond motifs is 3. The molecule has 0 spiro atoms. The smallest absolute Gasteiger partial charge is 0.314 e. The van der Waals surface area contributed by atoms with Gasteiger partial charge in [-0.1, -0.05) is 18.2 Å². The highest BCUT2D eigenvalue weighted by molar-refractivity contribution is 5.93. The van der Waals surface area contributed by atoms with E-state index in [1.54, 1.807) is 7.11 Å². The maximum Gasteiger partial charge on any atom is 0.314 e. The Hall–Kier alpha value is -2.56. The number of hydrogen-bond acceptors (Lipinski definition) is 5. The van der Waals surface area contributed by atoms with Crippen LogP contribution in [-0.4, -0.2) is 33.3 Å². The highest BCUT2D eigenvalue weighted by Crippen LogP contribution is 2.41. The van der Waals surface area contributed by atoms with E-state index in [9.17, 15) is 9.59 Å². The van der Waals surface area contributed by atoms with Crippen LogP contribution >= 0.6 is 0 Å². The van der Waals surface area contributed by atoms with Crippen molar-refractivity contribution < 1.29 is 23.8 Å². The van der Waals surface area contributed by atoms with Gasteiger partial charge in [0.15, 0.2) is 0 Å². The molecule has 24 heavy (non-hydrogen) atoms. The van der Waals surface area contributed by atoms with Crippen LogP contribution in [0.5, 0.6) is 5.75 Å². The van der Waals surface area contributed by atoms with E-state index in [4.69, 9.17) is 14.2 Å². The van der Waals surface area contributed by atoms with E-state index in [0.717, 1.165) is 27.6 Å². The van der Waals surface area contributed by atoms with Gasteiger partial charge in [0, 0.05) is 0 Å². The number of esters is 2. The van der Waals surface area contributed by atoms with Crippen LogP contribution < -0.4 is 4.74 Å². The highest BCUT2D eigenvalue weighted by Gasteiger charge is 2.41. The van der Waals surface area contributed by atoms with Gasteiger partial charge in [0.25, 0.3) is 0 Å². The number of carbonyl (C=O) groups is 2. The molecule has 0 heterocycles. The highest BCUT2D eigenvalue weighted by atomic mass is 16.5. The SMILES string of the molecule is COC(=O)C1CCc2c(ccc3cc(OC)ccc23)C1C(=O)OC. The zero-order chi connectivity index (χ0) is 17.3. The lowest BCUT2D eigenvalue weighted by Gasteiger charge is -2.31. The van der Waals surface area contributed by atoms with Gasteiger partial charge in [0.05, 0.1) is 33.2 Å². The van der Waals surface area contributed by atoms with Gasteiger partial charge in [0.1, 0.15) is 5.75 Å². The van der Waals surface area contributed by atoms with Gasteiger partial charge in [-0.15, -0.1) is 0 Å². The van der Waals surface area contributed by atoms with Crippen molar-refractivity contribution >= 4 is 22.7 Å². The molecular formula is C19H20O5. The quantitative estimate of drug-likeness (QED) is 0.811. The molecule has 0 amide bonds. The lowest BCUT2D eigenvalue weighted by molar-refractivity contribution is -0.154. The van der Waals surface area contributed by atoms with Gasteiger partial charge in [-0.05, 0) is 46.9 Å². The van der Waals surface area contributed by atoms with Crippen LogP contribution in [0, 0.1) is 5.92 Å². The summed E-state index contributed by atoms with van der Waals surface area (Å²) in [5, 5.41) is 2.12. The summed E-state index contributed by atoms with van der Waals surface area (Å²) in [4.78, 5) is 24.5. The lowest BCUT2D eigenvalue weighted by Crippen LogP contribution is -2.34. The Labute approximate surface area is 140 Å². The molecule has 0 saturated carbocycles. The molecule has 0 radical (unpaired) electrons. The standard InChI is InChI=1S/C19H20O5/c1-22-12-5-7-13-11(10-12)4-6-15-14(13)8-9-16(18(20)23-2)17(15)19(21)24-3/h4-7,10,16-17H,8-9H2,1-3H3. The van der Waals surface area contributed by atoms with E-state index in [0.29, 0.717) is 12.8 Å². The Morgan fingerprint density at radius 3 is 2.42 bits per heavy atom. The molecule has 1 aliphatic carbocycles. The zero-order valence-electron chi connectivity index (χ0n) is 14.0. The Morgan fingerprint density at radius 1 is 1.00 bits per heavy atom. The average molecular weight is 328 g/mol. The molecule has 0 saturated heterocycles. The number of ether oxygens (including phenoxy) is 3. The molecule has 2 unspecified atom stereocenters. The van der Waals surface area contributed by atoms with Crippen LogP contribution in [0.15, 0.2) is 30.3 Å². The number of hydrogen-bond donors (Lipinski definition) is 0. The second kappa shape index (κ2) is 6.51. The summed E-state index contributed by atoms with van der Waals surface area (Å²) in [5.74, 6) is -1.12. The fourth-order valence-electron chi connectivity index (χ4n) is 3.59. The maximum absolute atomic E-state index is 12.3. The molecular weight excluding hydrogens is 308 g/mol. The van der Waals surface area contributed by atoms with Crippen molar-refractivity contribution in [3.05, 3.63) is 41.5 Å². The monoisotopic (exact) mass is 328 g/mol. The van der Waals surface area contributed by atoms with Crippen LogP contribution in [0.25, 0.3) is 10.8 Å². The number of aryl methyl sites for hydroxylation is 1. The van der Waals surface area contributed by atoms with Gasteiger partial charge < -0.3 is 14.2 Å². The first-order chi connectivity index (χ1) is 11.6. The molecule has 126 valence electrons. The van der Waals surface area contributed by atoms with Crippen molar-refractivity contribution in [2.75, 3.05) is 21.3 Å². The van der Waals surface area contributed by atoms with Crippen LogP contribution in [0.1, 0.15) is 23.5 Å². The van der Waals surface area contributed by atoms with Gasteiger partial charge in [0.2, 0.25) is 0 Å². The summed E-state index contributed by atoms with van der Waals surface area (Å²) >= 11 is 0. The first kappa shape index (κ1) is 16.3. The molecule has 5 heteroatoms. The average Bonchev–Trinajstić information content (AvgIpc) is 2.64. The fraction of sp³-hybridized carbons (Fsp3) is 0.368. The minimum Gasteiger partial charge on any atom is -0.497 e. The van der Waals surface area contributed by atoms with E-state index < -0.39 is 17.8 Å². The molecule has 0 fully saturated rings. The van der Waals surface area contributed by atoms with Crippen molar-refractivity contribution in [3.8, 4) is 5.75 Å². The number of carbonyl (C=O) groups excluding carboxylic acids is 2. The third-order valence-corrected chi connectivity index (χ3v) is 4.78. The minimum atomic E-state index is -0.627. The summed E-state index contributed by atoms with van der Waals surface area (Å²) in [6, 6.07) is 9.73. The summed E-state index contributed by atoms with van der Waals surface area (Å²) in [7, 11) is 4.32. The third-order valence-electron chi connectivity index (χ3n) is 4.78. The third kappa shape index (κ3) is 2.60. The van der Waals surface area contributed by atoms with Crippen LogP contribution in [0.4, 0.5) is 0 Å². The molecule has 5 nitrogen and oxygen atoms in total.